The molecule has 0 bridgehead atoms. The van der Waals surface area contributed by atoms with Crippen LogP contribution in [0.2, 0.25) is 0 Å². The Bertz CT molecular complexity index is 213. The predicted octanol–water partition coefficient (Wildman–Crippen LogP) is 0.965. The Balaban J connectivity index is 2.54. The van der Waals surface area contributed by atoms with Crippen molar-refractivity contribution in [2.75, 3.05) is 13.1 Å². The first-order chi connectivity index (χ1) is 7.33. The van der Waals surface area contributed by atoms with Crippen LogP contribution in [-0.2, 0) is 4.74 Å². The van der Waals surface area contributed by atoms with E-state index in [0.717, 1.165) is 19.5 Å². The number of nitrogens with zero attached hydrogens (tertiary/aromatic N) is 1. The second-order valence-corrected chi connectivity index (χ2v) is 5.56. The lowest BCUT2D eigenvalue weighted by atomic mass is 10.1. The highest BCUT2D eigenvalue weighted by atomic mass is 16.5. The Morgan fingerprint density at radius 3 is 2.44 bits per heavy atom. The lowest BCUT2D eigenvalue weighted by Crippen LogP contribution is -2.39. The third-order valence-electron chi connectivity index (χ3n) is 2.79. The van der Waals surface area contributed by atoms with E-state index in [4.69, 9.17) is 4.74 Å². The van der Waals surface area contributed by atoms with Gasteiger partial charge in [0.1, 0.15) is 0 Å². The molecule has 0 aromatic carbocycles. The van der Waals surface area contributed by atoms with Gasteiger partial charge in [-0.25, -0.2) is 0 Å². The number of hydrogen-bond donors (Lipinski definition) is 2. The van der Waals surface area contributed by atoms with Crippen molar-refractivity contribution >= 4 is 0 Å². The number of likely N-dealkylation sites (tertiary alicyclic amines) is 1. The van der Waals surface area contributed by atoms with Crippen molar-refractivity contribution in [1.82, 2.24) is 4.90 Å². The molecule has 2 N–H and O–H groups in total. The van der Waals surface area contributed by atoms with Gasteiger partial charge >= 0.3 is 0 Å². The Morgan fingerprint density at radius 1 is 1.38 bits per heavy atom. The molecule has 1 aliphatic rings. The molecule has 2 atom stereocenters. The molecule has 0 amide bonds. The van der Waals surface area contributed by atoms with Gasteiger partial charge < -0.3 is 14.9 Å². The van der Waals surface area contributed by atoms with E-state index in [1.165, 1.54) is 0 Å². The minimum atomic E-state index is -1.26. The third-order valence-corrected chi connectivity index (χ3v) is 2.79. The standard InChI is InChI=1S/C12H25NO3/c1-5-6-13-8-9(16-12(2,3)4)7-10(13)11(14)15/h9-11,14-15H,5-8H2,1-4H3. The van der Waals surface area contributed by atoms with E-state index in [-0.39, 0.29) is 17.7 Å². The molecule has 1 rings (SSSR count). The van der Waals surface area contributed by atoms with Gasteiger partial charge in [0, 0.05) is 6.54 Å². The molecule has 0 aliphatic carbocycles. The molecular formula is C12H25NO3. The van der Waals surface area contributed by atoms with Crippen LogP contribution in [0.25, 0.3) is 0 Å². The summed E-state index contributed by atoms with van der Waals surface area (Å²) in [5.41, 5.74) is -0.169. The highest BCUT2D eigenvalue weighted by molar-refractivity contribution is 4.88. The van der Waals surface area contributed by atoms with E-state index in [0.29, 0.717) is 6.42 Å². The van der Waals surface area contributed by atoms with Gasteiger partial charge in [0.2, 0.25) is 0 Å². The second-order valence-electron chi connectivity index (χ2n) is 5.56. The quantitative estimate of drug-likeness (QED) is 0.708. The van der Waals surface area contributed by atoms with Crippen molar-refractivity contribution in [3.63, 3.8) is 0 Å². The van der Waals surface area contributed by atoms with Gasteiger partial charge in [0.05, 0.1) is 17.7 Å². The molecule has 1 aliphatic heterocycles. The molecule has 1 saturated heterocycles. The van der Waals surface area contributed by atoms with E-state index in [2.05, 4.69) is 11.8 Å². The number of ether oxygens (including phenoxy) is 1. The summed E-state index contributed by atoms with van der Waals surface area (Å²) < 4.78 is 5.89. The summed E-state index contributed by atoms with van der Waals surface area (Å²) >= 11 is 0. The van der Waals surface area contributed by atoms with Crippen LogP contribution >= 0.6 is 0 Å². The van der Waals surface area contributed by atoms with Crippen molar-refractivity contribution < 1.29 is 14.9 Å². The first-order valence-electron chi connectivity index (χ1n) is 6.11. The lowest BCUT2D eigenvalue weighted by molar-refractivity contribution is -0.0925. The van der Waals surface area contributed by atoms with Crippen molar-refractivity contribution in [1.29, 1.82) is 0 Å². The fraction of sp³-hybridized carbons (Fsp3) is 1.00. The maximum Gasteiger partial charge on any atom is 0.167 e. The lowest BCUT2D eigenvalue weighted by Gasteiger charge is -2.25. The highest BCUT2D eigenvalue weighted by Gasteiger charge is 2.37. The smallest absolute Gasteiger partial charge is 0.167 e. The molecule has 0 radical (unpaired) electrons. The van der Waals surface area contributed by atoms with Gasteiger partial charge in [-0.1, -0.05) is 6.92 Å². The van der Waals surface area contributed by atoms with Gasteiger partial charge in [-0.3, -0.25) is 4.90 Å². The average Bonchev–Trinajstić information content (AvgIpc) is 2.45. The maximum atomic E-state index is 9.32. The second kappa shape index (κ2) is 5.45. The molecule has 1 fully saturated rings. The summed E-state index contributed by atoms with van der Waals surface area (Å²) in [5, 5.41) is 18.6. The molecule has 0 spiro atoms. The van der Waals surface area contributed by atoms with E-state index >= 15 is 0 Å². The summed E-state index contributed by atoms with van der Waals surface area (Å²) in [4.78, 5) is 2.11. The van der Waals surface area contributed by atoms with E-state index < -0.39 is 6.29 Å². The fourth-order valence-corrected chi connectivity index (χ4v) is 2.33. The number of aliphatic hydroxyl groups is 2. The Morgan fingerprint density at radius 2 is 2.00 bits per heavy atom. The number of aliphatic hydroxyl groups excluding tert-OH is 1. The summed E-state index contributed by atoms with van der Waals surface area (Å²) in [5.74, 6) is 0. The largest absolute Gasteiger partial charge is 0.371 e. The zero-order valence-corrected chi connectivity index (χ0v) is 10.8. The summed E-state index contributed by atoms with van der Waals surface area (Å²) in [6, 6.07) is -0.174. The van der Waals surface area contributed by atoms with Gasteiger partial charge in [0.15, 0.2) is 6.29 Å². The molecule has 16 heavy (non-hydrogen) atoms. The van der Waals surface area contributed by atoms with E-state index in [1.807, 2.05) is 20.8 Å². The SMILES string of the molecule is CCCN1CC(OC(C)(C)C)CC1C(O)O. The van der Waals surface area contributed by atoms with Crippen molar-refractivity contribution in [2.45, 2.75) is 64.6 Å². The number of hydrogen-bond acceptors (Lipinski definition) is 4. The Hall–Kier alpha value is -0.160. The number of rotatable bonds is 4. The minimum Gasteiger partial charge on any atom is -0.371 e. The molecule has 0 aromatic heterocycles. The summed E-state index contributed by atoms with van der Waals surface area (Å²) in [7, 11) is 0. The van der Waals surface area contributed by atoms with Crippen LogP contribution in [0.3, 0.4) is 0 Å². The van der Waals surface area contributed by atoms with E-state index in [1.54, 1.807) is 0 Å². The fourth-order valence-electron chi connectivity index (χ4n) is 2.33. The van der Waals surface area contributed by atoms with Crippen molar-refractivity contribution in [3.8, 4) is 0 Å². The van der Waals surface area contributed by atoms with Crippen molar-refractivity contribution in [2.24, 2.45) is 0 Å². The predicted molar refractivity (Wildman–Crippen MR) is 63.1 cm³/mol. The molecule has 0 aromatic rings. The molecule has 4 nitrogen and oxygen atoms in total. The topological polar surface area (TPSA) is 52.9 Å². The molecule has 4 heteroatoms. The highest BCUT2D eigenvalue weighted by Crippen LogP contribution is 2.25. The van der Waals surface area contributed by atoms with Crippen molar-refractivity contribution in [3.05, 3.63) is 0 Å². The zero-order valence-electron chi connectivity index (χ0n) is 10.8. The first-order valence-corrected chi connectivity index (χ1v) is 6.11. The molecular weight excluding hydrogens is 206 g/mol. The van der Waals surface area contributed by atoms with Crippen LogP contribution in [0.1, 0.15) is 40.5 Å². The first kappa shape index (κ1) is 13.9. The Kier molecular flexibility index (Phi) is 4.73. The summed E-state index contributed by atoms with van der Waals surface area (Å²) in [6.07, 6.45) is 0.568. The molecule has 1 heterocycles. The van der Waals surface area contributed by atoms with Crippen LogP contribution in [0.15, 0.2) is 0 Å². The minimum absolute atomic E-state index is 0.110. The normalized spacial score (nSPS) is 27.9. The Labute approximate surface area is 98.2 Å². The zero-order chi connectivity index (χ0) is 12.3. The molecule has 96 valence electrons. The van der Waals surface area contributed by atoms with Crippen LogP contribution in [0, 0.1) is 0 Å². The maximum absolute atomic E-state index is 9.32. The van der Waals surface area contributed by atoms with Crippen LogP contribution in [0.5, 0.6) is 0 Å². The van der Waals surface area contributed by atoms with Gasteiger partial charge in [-0.15, -0.1) is 0 Å². The average molecular weight is 231 g/mol. The molecule has 0 saturated carbocycles. The van der Waals surface area contributed by atoms with Crippen LogP contribution < -0.4 is 0 Å². The van der Waals surface area contributed by atoms with Crippen LogP contribution in [0.4, 0.5) is 0 Å². The van der Waals surface area contributed by atoms with Gasteiger partial charge in [-0.05, 0) is 40.2 Å². The third kappa shape index (κ3) is 4.01. The van der Waals surface area contributed by atoms with Gasteiger partial charge in [-0.2, -0.15) is 0 Å². The van der Waals surface area contributed by atoms with E-state index in [9.17, 15) is 10.2 Å². The molecule has 2 unspecified atom stereocenters. The monoisotopic (exact) mass is 231 g/mol. The van der Waals surface area contributed by atoms with Gasteiger partial charge in [0.25, 0.3) is 0 Å². The summed E-state index contributed by atoms with van der Waals surface area (Å²) in [6.45, 7) is 9.87. The van der Waals surface area contributed by atoms with Crippen LogP contribution in [-0.4, -0.2) is 52.2 Å².